The Morgan fingerprint density at radius 3 is 2.79 bits per heavy atom. The number of ether oxygens (including phenoxy) is 1. The Kier molecular flexibility index (Phi) is 5.42. The molecule has 2 fully saturated rings. The Labute approximate surface area is 166 Å². The van der Waals surface area contributed by atoms with Crippen molar-refractivity contribution in [2.45, 2.75) is 37.6 Å². The second kappa shape index (κ2) is 7.83. The summed E-state index contributed by atoms with van der Waals surface area (Å²) < 4.78 is 5.12. The summed E-state index contributed by atoms with van der Waals surface area (Å²) in [4.78, 5) is 39.9. The number of carbonyl (C=O) groups excluding carboxylic acids is 2. The van der Waals surface area contributed by atoms with Crippen LogP contribution in [0.2, 0.25) is 0 Å². The summed E-state index contributed by atoms with van der Waals surface area (Å²) in [6, 6.07) is 0. The zero-order valence-electron chi connectivity index (χ0n) is 16.9. The quantitative estimate of drug-likeness (QED) is 0.819. The van der Waals surface area contributed by atoms with Crippen LogP contribution in [-0.4, -0.2) is 90.0 Å². The predicted octanol–water partition coefficient (Wildman–Crippen LogP) is 0.600. The molecule has 3 aliphatic rings. The van der Waals surface area contributed by atoms with Gasteiger partial charge in [0.05, 0.1) is 23.5 Å². The molecule has 0 saturated carbocycles. The number of amides is 2. The first-order valence-electron chi connectivity index (χ1n) is 10.3. The maximum absolute atomic E-state index is 13.1. The van der Waals surface area contributed by atoms with Gasteiger partial charge in [0.15, 0.2) is 0 Å². The molecular formula is C20H31N5O3. The number of likely N-dealkylation sites (tertiary alicyclic amines) is 2. The molecule has 8 nitrogen and oxygen atoms in total. The normalized spacial score (nSPS) is 25.0. The molecular weight excluding hydrogens is 358 g/mol. The zero-order chi connectivity index (χ0) is 19.7. The van der Waals surface area contributed by atoms with Crippen LogP contribution in [-0.2, 0) is 26.3 Å². The molecule has 4 heterocycles. The van der Waals surface area contributed by atoms with E-state index in [1.54, 1.807) is 13.4 Å². The topological polar surface area (TPSA) is 81.8 Å². The van der Waals surface area contributed by atoms with Gasteiger partial charge in [-0.25, -0.2) is 4.98 Å². The van der Waals surface area contributed by atoms with Crippen molar-refractivity contribution in [3.05, 3.63) is 17.7 Å². The molecule has 0 radical (unpaired) electrons. The van der Waals surface area contributed by atoms with Crippen molar-refractivity contribution >= 4 is 11.8 Å². The number of carbonyl (C=O) groups is 2. The van der Waals surface area contributed by atoms with Crippen LogP contribution in [0.4, 0.5) is 0 Å². The molecule has 1 N–H and O–H groups in total. The molecule has 0 bridgehead atoms. The van der Waals surface area contributed by atoms with Crippen LogP contribution in [0.15, 0.2) is 6.33 Å². The minimum absolute atomic E-state index is 0.00447. The zero-order valence-corrected chi connectivity index (χ0v) is 16.9. The molecule has 28 heavy (non-hydrogen) atoms. The van der Waals surface area contributed by atoms with Crippen molar-refractivity contribution in [1.29, 1.82) is 0 Å². The molecule has 0 aliphatic carbocycles. The number of hydrogen-bond donors (Lipinski definition) is 1. The summed E-state index contributed by atoms with van der Waals surface area (Å²) in [5, 5.41) is 0. The highest BCUT2D eigenvalue weighted by Gasteiger charge is 2.49. The molecule has 154 valence electrons. The van der Waals surface area contributed by atoms with Crippen molar-refractivity contribution in [3.8, 4) is 0 Å². The second-order valence-electron chi connectivity index (χ2n) is 8.42. The average molecular weight is 390 g/mol. The predicted molar refractivity (Wildman–Crippen MR) is 104 cm³/mol. The van der Waals surface area contributed by atoms with Crippen LogP contribution < -0.4 is 0 Å². The van der Waals surface area contributed by atoms with Crippen LogP contribution in [0.3, 0.4) is 0 Å². The third-order valence-electron chi connectivity index (χ3n) is 6.71. The number of aromatic amines is 1. The van der Waals surface area contributed by atoms with Gasteiger partial charge in [0, 0.05) is 45.4 Å². The van der Waals surface area contributed by atoms with Crippen molar-refractivity contribution in [3.63, 3.8) is 0 Å². The highest BCUT2D eigenvalue weighted by Crippen LogP contribution is 2.42. The van der Waals surface area contributed by atoms with Gasteiger partial charge >= 0.3 is 0 Å². The number of imidazole rings is 1. The Morgan fingerprint density at radius 1 is 1.29 bits per heavy atom. The minimum Gasteiger partial charge on any atom is -0.375 e. The van der Waals surface area contributed by atoms with E-state index in [1.165, 1.54) is 0 Å². The summed E-state index contributed by atoms with van der Waals surface area (Å²) in [6.45, 7) is 4.01. The molecule has 3 aliphatic heterocycles. The van der Waals surface area contributed by atoms with Gasteiger partial charge in [-0.15, -0.1) is 0 Å². The number of hydrogen-bond acceptors (Lipinski definition) is 5. The number of H-pyrrole nitrogens is 1. The Bertz CT molecular complexity index is 725. The van der Waals surface area contributed by atoms with E-state index in [4.69, 9.17) is 4.74 Å². The first kappa shape index (κ1) is 19.4. The molecule has 8 heteroatoms. The molecule has 1 aromatic rings. The van der Waals surface area contributed by atoms with Crippen molar-refractivity contribution in [1.82, 2.24) is 24.7 Å². The first-order valence-corrected chi connectivity index (χ1v) is 10.3. The second-order valence-corrected chi connectivity index (χ2v) is 8.42. The number of rotatable bonds is 3. The van der Waals surface area contributed by atoms with Gasteiger partial charge < -0.3 is 24.4 Å². The SMILES string of the molecule is COCC(=O)N1CCc2[nH]cnc2C12CCN(C(=O)[C@H]1CCCN(C)C1)CC2. The number of nitrogens with zero attached hydrogens (tertiary/aromatic N) is 4. The Morgan fingerprint density at radius 2 is 2.07 bits per heavy atom. The van der Waals surface area contributed by atoms with Crippen LogP contribution in [0.5, 0.6) is 0 Å². The standard InChI is InChI=1S/C20H31N5O3/c1-23-8-3-4-15(12-23)19(27)24-10-6-20(7-11-24)18-16(21-14-22-18)5-9-25(20)17(26)13-28-2/h14-15H,3-13H2,1-2H3,(H,21,22)/t15-/m0/s1. The van der Waals surface area contributed by atoms with E-state index in [1.807, 2.05) is 9.80 Å². The number of fused-ring (bicyclic) bond motifs is 2. The Balaban J connectivity index is 1.52. The van der Waals surface area contributed by atoms with Crippen molar-refractivity contribution in [2.24, 2.45) is 5.92 Å². The lowest BCUT2D eigenvalue weighted by Crippen LogP contribution is -2.60. The van der Waals surface area contributed by atoms with E-state index < -0.39 is 5.54 Å². The average Bonchev–Trinajstić information content (AvgIpc) is 3.18. The molecule has 0 aromatic carbocycles. The van der Waals surface area contributed by atoms with Gasteiger partial charge in [-0.3, -0.25) is 9.59 Å². The van der Waals surface area contributed by atoms with E-state index in [-0.39, 0.29) is 24.3 Å². The lowest BCUT2D eigenvalue weighted by atomic mass is 9.78. The van der Waals surface area contributed by atoms with E-state index in [0.29, 0.717) is 19.6 Å². The lowest BCUT2D eigenvalue weighted by molar-refractivity contribution is -0.149. The third-order valence-corrected chi connectivity index (χ3v) is 6.71. The summed E-state index contributed by atoms with van der Waals surface area (Å²) in [5.41, 5.74) is 1.67. The van der Waals surface area contributed by atoms with E-state index in [9.17, 15) is 9.59 Å². The molecule has 4 rings (SSSR count). The van der Waals surface area contributed by atoms with Gasteiger partial charge in [0.2, 0.25) is 11.8 Å². The number of piperidine rings is 2. The molecule has 2 amide bonds. The number of methoxy groups -OCH3 is 1. The third kappa shape index (κ3) is 3.33. The maximum atomic E-state index is 13.1. The van der Waals surface area contributed by atoms with E-state index in [2.05, 4.69) is 21.9 Å². The summed E-state index contributed by atoms with van der Waals surface area (Å²) in [5.74, 6) is 0.380. The largest absolute Gasteiger partial charge is 0.375 e. The smallest absolute Gasteiger partial charge is 0.249 e. The summed E-state index contributed by atoms with van der Waals surface area (Å²) in [7, 11) is 3.64. The van der Waals surface area contributed by atoms with Crippen LogP contribution >= 0.6 is 0 Å². The van der Waals surface area contributed by atoms with Crippen LogP contribution in [0.1, 0.15) is 37.1 Å². The molecule has 1 aromatic heterocycles. The van der Waals surface area contributed by atoms with Crippen molar-refractivity contribution in [2.75, 3.05) is 53.5 Å². The molecule has 1 spiro atoms. The molecule has 0 unspecified atom stereocenters. The number of aromatic nitrogens is 2. The van der Waals surface area contributed by atoms with Gasteiger partial charge in [-0.05, 0) is 39.3 Å². The minimum atomic E-state index is -0.427. The monoisotopic (exact) mass is 389 g/mol. The highest BCUT2D eigenvalue weighted by molar-refractivity contribution is 5.80. The maximum Gasteiger partial charge on any atom is 0.249 e. The fourth-order valence-electron chi connectivity index (χ4n) is 5.27. The number of nitrogens with one attached hydrogen (secondary N) is 1. The molecule has 2 saturated heterocycles. The van der Waals surface area contributed by atoms with Gasteiger partial charge in [0.25, 0.3) is 0 Å². The first-order chi connectivity index (χ1) is 13.5. The fraction of sp³-hybridized carbons (Fsp3) is 0.750. The van der Waals surface area contributed by atoms with E-state index in [0.717, 1.165) is 56.6 Å². The molecule has 1 atom stereocenters. The fourth-order valence-corrected chi connectivity index (χ4v) is 5.27. The summed E-state index contributed by atoms with van der Waals surface area (Å²) >= 11 is 0. The van der Waals surface area contributed by atoms with Gasteiger partial charge in [-0.1, -0.05) is 0 Å². The highest BCUT2D eigenvalue weighted by atomic mass is 16.5. The van der Waals surface area contributed by atoms with Gasteiger partial charge in [0.1, 0.15) is 6.61 Å². The van der Waals surface area contributed by atoms with Crippen LogP contribution in [0.25, 0.3) is 0 Å². The van der Waals surface area contributed by atoms with E-state index >= 15 is 0 Å². The van der Waals surface area contributed by atoms with Crippen LogP contribution in [0, 0.1) is 5.92 Å². The Hall–Kier alpha value is -1.93. The lowest BCUT2D eigenvalue weighted by Gasteiger charge is -2.50. The summed E-state index contributed by atoms with van der Waals surface area (Å²) in [6.07, 6.45) is 6.03. The van der Waals surface area contributed by atoms with Crippen molar-refractivity contribution < 1.29 is 14.3 Å². The van der Waals surface area contributed by atoms with Gasteiger partial charge in [-0.2, -0.15) is 0 Å².